The van der Waals surface area contributed by atoms with Crippen molar-refractivity contribution in [3.05, 3.63) is 23.0 Å². The number of aromatic amines is 1. The number of H-pyrrole nitrogens is 1. The molecular weight excluding hydrogens is 256 g/mol. The number of nitrogens with one attached hydrogen (secondary N) is 2. The Bertz CT molecular complexity index is 458. The maximum absolute atomic E-state index is 11.9. The molecule has 0 radical (unpaired) electrons. The molecular formula is C12H15ClN2O3. The molecule has 6 heteroatoms. The summed E-state index contributed by atoms with van der Waals surface area (Å²) in [5, 5.41) is 12.3. The minimum absolute atomic E-state index is 0.300. The number of aromatic nitrogens is 1. The minimum Gasteiger partial charge on any atom is -0.481 e. The largest absolute Gasteiger partial charge is 0.481 e. The van der Waals surface area contributed by atoms with Gasteiger partial charge in [-0.15, -0.1) is 0 Å². The van der Waals surface area contributed by atoms with Crippen molar-refractivity contribution in [1.29, 1.82) is 0 Å². The van der Waals surface area contributed by atoms with Crippen molar-refractivity contribution < 1.29 is 14.7 Å². The second kappa shape index (κ2) is 5.44. The molecule has 1 saturated carbocycles. The SMILES string of the molecule is O=C(NC1CCCCC1C(=O)O)c1cc(Cl)c[nH]1. The van der Waals surface area contributed by atoms with E-state index in [1.54, 1.807) is 0 Å². The zero-order valence-corrected chi connectivity index (χ0v) is 10.5. The molecule has 98 valence electrons. The average Bonchev–Trinajstić information content (AvgIpc) is 2.76. The number of halogens is 1. The van der Waals surface area contributed by atoms with E-state index in [1.165, 1.54) is 12.3 Å². The van der Waals surface area contributed by atoms with E-state index < -0.39 is 11.9 Å². The molecule has 5 nitrogen and oxygen atoms in total. The fourth-order valence-corrected chi connectivity index (χ4v) is 2.51. The van der Waals surface area contributed by atoms with Gasteiger partial charge < -0.3 is 15.4 Å². The Kier molecular flexibility index (Phi) is 3.91. The Balaban J connectivity index is 2.03. The Labute approximate surface area is 110 Å². The molecule has 1 fully saturated rings. The number of hydrogen-bond donors (Lipinski definition) is 3. The fourth-order valence-electron chi connectivity index (χ4n) is 2.34. The highest BCUT2D eigenvalue weighted by atomic mass is 35.5. The third kappa shape index (κ3) is 2.85. The fraction of sp³-hybridized carbons (Fsp3) is 0.500. The summed E-state index contributed by atoms with van der Waals surface area (Å²) in [6, 6.07) is 1.22. The first kappa shape index (κ1) is 13.0. The third-order valence-corrected chi connectivity index (χ3v) is 3.51. The predicted molar refractivity (Wildman–Crippen MR) is 66.7 cm³/mol. The first-order valence-electron chi connectivity index (χ1n) is 5.95. The van der Waals surface area contributed by atoms with Crippen molar-refractivity contribution in [3.8, 4) is 0 Å². The molecule has 1 aliphatic rings. The van der Waals surface area contributed by atoms with Gasteiger partial charge in [-0.25, -0.2) is 0 Å². The maximum Gasteiger partial charge on any atom is 0.308 e. The molecule has 0 aliphatic heterocycles. The smallest absolute Gasteiger partial charge is 0.308 e. The van der Waals surface area contributed by atoms with Gasteiger partial charge in [0.05, 0.1) is 10.9 Å². The second-order valence-corrected chi connectivity index (χ2v) is 4.98. The molecule has 1 aromatic heterocycles. The molecule has 0 aromatic carbocycles. The van der Waals surface area contributed by atoms with Crippen molar-refractivity contribution in [2.75, 3.05) is 0 Å². The van der Waals surface area contributed by atoms with Gasteiger partial charge in [-0.3, -0.25) is 9.59 Å². The molecule has 2 unspecified atom stereocenters. The van der Waals surface area contributed by atoms with Gasteiger partial charge in [0.15, 0.2) is 0 Å². The van der Waals surface area contributed by atoms with Gasteiger partial charge in [-0.05, 0) is 18.9 Å². The molecule has 1 amide bonds. The zero-order chi connectivity index (χ0) is 13.1. The van der Waals surface area contributed by atoms with E-state index in [0.29, 0.717) is 23.6 Å². The van der Waals surface area contributed by atoms with E-state index in [0.717, 1.165) is 12.8 Å². The zero-order valence-electron chi connectivity index (χ0n) is 9.78. The van der Waals surface area contributed by atoms with Crippen LogP contribution in [0.2, 0.25) is 5.02 Å². The first-order valence-corrected chi connectivity index (χ1v) is 6.33. The number of carboxylic acids is 1. The van der Waals surface area contributed by atoms with Crippen LogP contribution >= 0.6 is 11.6 Å². The van der Waals surface area contributed by atoms with Crippen LogP contribution in [0.25, 0.3) is 0 Å². The average molecular weight is 271 g/mol. The summed E-state index contributed by atoms with van der Waals surface area (Å²) in [5.41, 5.74) is 0.356. The highest BCUT2D eigenvalue weighted by Gasteiger charge is 2.32. The van der Waals surface area contributed by atoms with Crippen LogP contribution < -0.4 is 5.32 Å². The van der Waals surface area contributed by atoms with Crippen LogP contribution in [0.4, 0.5) is 0 Å². The molecule has 2 rings (SSSR count). The van der Waals surface area contributed by atoms with Crippen molar-refractivity contribution >= 4 is 23.5 Å². The van der Waals surface area contributed by atoms with Gasteiger partial charge >= 0.3 is 5.97 Å². The summed E-state index contributed by atoms with van der Waals surface area (Å²) in [6.45, 7) is 0. The third-order valence-electron chi connectivity index (χ3n) is 3.29. The summed E-state index contributed by atoms with van der Waals surface area (Å²) in [7, 11) is 0. The first-order chi connectivity index (χ1) is 8.58. The standard InChI is InChI=1S/C12H15ClN2O3/c13-7-5-10(14-6-7)11(16)15-9-4-2-1-3-8(9)12(17)18/h5-6,8-9,14H,1-4H2,(H,15,16)(H,17,18). The number of carbonyl (C=O) groups is 2. The molecule has 18 heavy (non-hydrogen) atoms. The highest BCUT2D eigenvalue weighted by molar-refractivity contribution is 6.30. The second-order valence-electron chi connectivity index (χ2n) is 4.54. The maximum atomic E-state index is 11.9. The van der Waals surface area contributed by atoms with Gasteiger partial charge in [-0.2, -0.15) is 0 Å². The van der Waals surface area contributed by atoms with Crippen molar-refractivity contribution in [2.45, 2.75) is 31.7 Å². The number of carboxylic acid groups (broad SMARTS) is 1. The van der Waals surface area contributed by atoms with E-state index in [2.05, 4.69) is 10.3 Å². The van der Waals surface area contributed by atoms with Crippen LogP contribution in [-0.4, -0.2) is 28.0 Å². The van der Waals surface area contributed by atoms with Gasteiger partial charge in [0.2, 0.25) is 0 Å². The van der Waals surface area contributed by atoms with Gasteiger partial charge in [0.25, 0.3) is 5.91 Å². The molecule has 3 N–H and O–H groups in total. The van der Waals surface area contributed by atoms with Gasteiger partial charge in [-0.1, -0.05) is 24.4 Å². The Morgan fingerprint density at radius 2 is 2.11 bits per heavy atom. The predicted octanol–water partition coefficient (Wildman–Crippen LogP) is 2.04. The summed E-state index contributed by atoms with van der Waals surface area (Å²) in [6.07, 6.45) is 4.69. The molecule has 1 heterocycles. The number of rotatable bonds is 3. The van der Waals surface area contributed by atoms with Crippen LogP contribution in [0.15, 0.2) is 12.3 Å². The Morgan fingerprint density at radius 1 is 1.39 bits per heavy atom. The molecule has 0 spiro atoms. The van der Waals surface area contributed by atoms with Crippen LogP contribution in [0.5, 0.6) is 0 Å². The number of aliphatic carboxylic acids is 1. The monoisotopic (exact) mass is 270 g/mol. The quantitative estimate of drug-likeness (QED) is 0.786. The topological polar surface area (TPSA) is 82.2 Å². The van der Waals surface area contributed by atoms with Crippen molar-refractivity contribution in [2.24, 2.45) is 5.92 Å². The van der Waals surface area contributed by atoms with E-state index in [-0.39, 0.29) is 11.9 Å². The molecule has 0 saturated heterocycles. The Morgan fingerprint density at radius 3 is 2.72 bits per heavy atom. The van der Waals surface area contributed by atoms with E-state index >= 15 is 0 Å². The minimum atomic E-state index is -0.843. The highest BCUT2D eigenvalue weighted by Crippen LogP contribution is 2.25. The summed E-state index contributed by atoms with van der Waals surface area (Å²) >= 11 is 5.72. The van der Waals surface area contributed by atoms with Gasteiger partial charge in [0.1, 0.15) is 5.69 Å². The van der Waals surface area contributed by atoms with Crippen molar-refractivity contribution in [3.63, 3.8) is 0 Å². The molecule has 1 aliphatic carbocycles. The Hall–Kier alpha value is -1.49. The lowest BCUT2D eigenvalue weighted by Gasteiger charge is -2.29. The molecule has 2 atom stereocenters. The summed E-state index contributed by atoms with van der Waals surface area (Å²) in [5.74, 6) is -1.64. The lowest BCUT2D eigenvalue weighted by atomic mass is 9.84. The normalized spacial score (nSPS) is 23.6. The number of amides is 1. The molecule has 0 bridgehead atoms. The van der Waals surface area contributed by atoms with Crippen molar-refractivity contribution in [1.82, 2.24) is 10.3 Å². The van der Waals surface area contributed by atoms with E-state index in [4.69, 9.17) is 16.7 Å². The van der Waals surface area contributed by atoms with Crippen LogP contribution in [0, 0.1) is 5.92 Å². The van der Waals surface area contributed by atoms with Crippen LogP contribution in [0.3, 0.4) is 0 Å². The van der Waals surface area contributed by atoms with E-state index in [9.17, 15) is 9.59 Å². The number of carbonyl (C=O) groups excluding carboxylic acids is 1. The lowest BCUT2D eigenvalue weighted by molar-refractivity contribution is -0.143. The lowest BCUT2D eigenvalue weighted by Crippen LogP contribution is -2.45. The van der Waals surface area contributed by atoms with Crippen LogP contribution in [0.1, 0.15) is 36.2 Å². The van der Waals surface area contributed by atoms with Crippen LogP contribution in [-0.2, 0) is 4.79 Å². The summed E-state index contributed by atoms with van der Waals surface area (Å²) < 4.78 is 0. The van der Waals surface area contributed by atoms with Gasteiger partial charge in [0, 0.05) is 12.2 Å². The van der Waals surface area contributed by atoms with E-state index in [1.807, 2.05) is 0 Å². The summed E-state index contributed by atoms with van der Waals surface area (Å²) in [4.78, 5) is 25.8. The number of hydrogen-bond acceptors (Lipinski definition) is 2. The molecule has 1 aromatic rings.